The van der Waals surface area contributed by atoms with Gasteiger partial charge in [0.15, 0.2) is 4.60 Å². The highest BCUT2D eigenvalue weighted by Gasteiger charge is 2.32. The number of aryl methyl sites for hydroxylation is 1. The van der Waals surface area contributed by atoms with Gasteiger partial charge in [-0.1, -0.05) is 17.3 Å². The van der Waals surface area contributed by atoms with Crippen LogP contribution in [0.4, 0.5) is 0 Å². The number of hydrogen-bond donors (Lipinski definition) is 1. The lowest BCUT2D eigenvalue weighted by atomic mass is 9.93. The number of benzene rings is 1. The first-order chi connectivity index (χ1) is 8.46. The van der Waals surface area contributed by atoms with Gasteiger partial charge in [0.2, 0.25) is 0 Å². The van der Waals surface area contributed by atoms with Gasteiger partial charge in [-0.2, -0.15) is 0 Å². The highest BCUT2D eigenvalue weighted by atomic mass is 79.9. The monoisotopic (exact) mass is 311 g/mol. The fraction of sp³-hybridized carbons (Fsp3) is 0.333. The van der Waals surface area contributed by atoms with Crippen LogP contribution in [-0.2, 0) is 12.6 Å². The molecule has 1 N–H and O–H groups in total. The van der Waals surface area contributed by atoms with Gasteiger partial charge < -0.3 is 9.84 Å². The van der Waals surface area contributed by atoms with Gasteiger partial charge in [-0.05, 0) is 40.5 Å². The van der Waals surface area contributed by atoms with Crippen LogP contribution in [0.2, 0.25) is 0 Å². The van der Waals surface area contributed by atoms with Crippen molar-refractivity contribution < 1.29 is 9.84 Å². The Kier molecular flexibility index (Phi) is 3.41. The molecule has 0 radical (unpaired) electrons. The van der Waals surface area contributed by atoms with E-state index in [2.05, 4.69) is 26.2 Å². The third kappa shape index (κ3) is 2.13. The average Bonchev–Trinajstić information content (AvgIpc) is 2.69. The van der Waals surface area contributed by atoms with Gasteiger partial charge >= 0.3 is 0 Å². The SMILES string of the molecule is COc1ccc(C(C)(O)c2c(Br)nnn2C)cc1. The number of ether oxygens (including phenoxy) is 1. The van der Waals surface area contributed by atoms with E-state index in [1.807, 2.05) is 24.3 Å². The van der Waals surface area contributed by atoms with E-state index in [0.29, 0.717) is 10.3 Å². The summed E-state index contributed by atoms with van der Waals surface area (Å²) in [5.74, 6) is 0.747. The van der Waals surface area contributed by atoms with Crippen molar-refractivity contribution in [3.8, 4) is 5.75 Å². The highest BCUT2D eigenvalue weighted by Crippen LogP contribution is 2.33. The lowest BCUT2D eigenvalue weighted by molar-refractivity contribution is 0.0920. The maximum absolute atomic E-state index is 10.7. The number of aromatic nitrogens is 3. The summed E-state index contributed by atoms with van der Waals surface area (Å²) in [6.45, 7) is 1.71. The molecule has 18 heavy (non-hydrogen) atoms. The minimum Gasteiger partial charge on any atom is -0.497 e. The summed E-state index contributed by atoms with van der Waals surface area (Å²) in [5.41, 5.74) is 0.172. The second-order valence-corrected chi connectivity index (χ2v) is 4.90. The first kappa shape index (κ1) is 13.0. The number of rotatable bonds is 3. The molecule has 6 heteroatoms. The van der Waals surface area contributed by atoms with Crippen molar-refractivity contribution in [2.24, 2.45) is 7.05 Å². The summed E-state index contributed by atoms with van der Waals surface area (Å²) in [7, 11) is 3.35. The van der Waals surface area contributed by atoms with Crippen LogP contribution < -0.4 is 4.74 Å². The second-order valence-electron chi connectivity index (χ2n) is 4.15. The molecule has 1 aromatic heterocycles. The Hall–Kier alpha value is -1.40. The normalized spacial score (nSPS) is 14.3. The van der Waals surface area contributed by atoms with E-state index < -0.39 is 5.60 Å². The molecule has 0 saturated carbocycles. The molecule has 1 heterocycles. The number of halogens is 1. The van der Waals surface area contributed by atoms with Crippen LogP contribution >= 0.6 is 15.9 Å². The number of methoxy groups -OCH3 is 1. The standard InChI is InChI=1S/C12H14BrN3O2/c1-12(17,10-11(13)14-15-16(10)2)8-4-6-9(18-3)7-5-8/h4-7,17H,1-3H3. The van der Waals surface area contributed by atoms with Crippen LogP contribution in [0.5, 0.6) is 5.75 Å². The quantitative estimate of drug-likeness (QED) is 0.939. The van der Waals surface area contributed by atoms with Gasteiger partial charge in [-0.15, -0.1) is 5.10 Å². The Morgan fingerprint density at radius 2 is 1.94 bits per heavy atom. The molecule has 5 nitrogen and oxygen atoms in total. The van der Waals surface area contributed by atoms with Crippen LogP contribution in [0.1, 0.15) is 18.2 Å². The van der Waals surface area contributed by atoms with E-state index >= 15 is 0 Å². The van der Waals surface area contributed by atoms with Gasteiger partial charge in [0.05, 0.1) is 7.11 Å². The predicted octanol–water partition coefficient (Wildman–Crippen LogP) is 1.84. The highest BCUT2D eigenvalue weighted by molar-refractivity contribution is 9.10. The van der Waals surface area contributed by atoms with Crippen LogP contribution in [0.15, 0.2) is 28.9 Å². The Bertz CT molecular complexity index is 529. The largest absolute Gasteiger partial charge is 0.497 e. The second kappa shape index (κ2) is 4.70. The van der Waals surface area contributed by atoms with Crippen molar-refractivity contribution in [1.82, 2.24) is 15.0 Å². The topological polar surface area (TPSA) is 60.2 Å². The Morgan fingerprint density at radius 3 is 2.39 bits per heavy atom. The van der Waals surface area contributed by atoms with Gasteiger partial charge in [0.1, 0.15) is 17.0 Å². The zero-order valence-corrected chi connectivity index (χ0v) is 12.0. The molecule has 1 unspecified atom stereocenters. The summed E-state index contributed by atoms with van der Waals surface area (Å²) >= 11 is 3.30. The summed E-state index contributed by atoms with van der Waals surface area (Å²) in [6, 6.07) is 7.25. The molecule has 0 fully saturated rings. The molecule has 0 bridgehead atoms. The molecule has 96 valence electrons. The fourth-order valence-corrected chi connectivity index (χ4v) is 2.61. The number of nitrogens with zero attached hydrogens (tertiary/aromatic N) is 3. The first-order valence-electron chi connectivity index (χ1n) is 5.39. The van der Waals surface area contributed by atoms with Crippen molar-refractivity contribution in [1.29, 1.82) is 0 Å². The maximum atomic E-state index is 10.7. The van der Waals surface area contributed by atoms with Crippen LogP contribution in [0, 0.1) is 0 Å². The molecule has 1 aromatic carbocycles. The van der Waals surface area contributed by atoms with Gasteiger partial charge in [0, 0.05) is 7.05 Å². The Labute approximate surface area is 114 Å². The molecule has 1 atom stereocenters. The third-order valence-corrected chi connectivity index (χ3v) is 3.43. The van der Waals surface area contributed by atoms with Gasteiger partial charge in [0.25, 0.3) is 0 Å². The minimum atomic E-state index is -1.18. The smallest absolute Gasteiger partial charge is 0.154 e. The molecule has 2 aromatic rings. The van der Waals surface area contributed by atoms with Crippen molar-refractivity contribution in [3.05, 3.63) is 40.1 Å². The zero-order chi connectivity index (χ0) is 13.3. The first-order valence-corrected chi connectivity index (χ1v) is 6.18. The van der Waals surface area contributed by atoms with Crippen LogP contribution in [0.3, 0.4) is 0 Å². The molecular weight excluding hydrogens is 298 g/mol. The zero-order valence-electron chi connectivity index (χ0n) is 10.4. The number of aliphatic hydroxyl groups is 1. The maximum Gasteiger partial charge on any atom is 0.154 e. The molecule has 0 aliphatic carbocycles. The lowest BCUT2D eigenvalue weighted by Crippen LogP contribution is -2.26. The lowest BCUT2D eigenvalue weighted by Gasteiger charge is -2.24. The van der Waals surface area contributed by atoms with Crippen molar-refractivity contribution in [2.75, 3.05) is 7.11 Å². The van der Waals surface area contributed by atoms with E-state index in [-0.39, 0.29) is 0 Å². The number of hydrogen-bond acceptors (Lipinski definition) is 4. The van der Waals surface area contributed by atoms with Gasteiger partial charge in [-0.25, -0.2) is 4.68 Å². The molecule has 0 aliphatic rings. The molecule has 0 saturated heterocycles. The fourth-order valence-electron chi connectivity index (χ4n) is 1.90. The van der Waals surface area contributed by atoms with E-state index in [9.17, 15) is 5.11 Å². The summed E-state index contributed by atoms with van der Waals surface area (Å²) in [6.07, 6.45) is 0. The Morgan fingerprint density at radius 1 is 1.33 bits per heavy atom. The van der Waals surface area contributed by atoms with E-state index in [0.717, 1.165) is 11.3 Å². The van der Waals surface area contributed by atoms with Crippen molar-refractivity contribution in [2.45, 2.75) is 12.5 Å². The van der Waals surface area contributed by atoms with Crippen molar-refractivity contribution in [3.63, 3.8) is 0 Å². The molecule has 0 aliphatic heterocycles. The summed E-state index contributed by atoms with van der Waals surface area (Å²) in [4.78, 5) is 0. The third-order valence-electron chi connectivity index (χ3n) is 2.90. The Balaban J connectivity index is 2.47. The molecular formula is C12H14BrN3O2. The van der Waals surface area contributed by atoms with Crippen LogP contribution in [-0.4, -0.2) is 27.2 Å². The van der Waals surface area contributed by atoms with E-state index in [4.69, 9.17) is 4.74 Å². The molecule has 0 spiro atoms. The summed E-state index contributed by atoms with van der Waals surface area (Å²) < 4.78 is 7.18. The molecule has 0 amide bonds. The molecule has 2 rings (SSSR count). The predicted molar refractivity (Wildman–Crippen MR) is 70.4 cm³/mol. The van der Waals surface area contributed by atoms with Crippen molar-refractivity contribution >= 4 is 15.9 Å². The van der Waals surface area contributed by atoms with Gasteiger partial charge in [-0.3, -0.25) is 0 Å². The van der Waals surface area contributed by atoms with E-state index in [1.54, 1.807) is 25.8 Å². The van der Waals surface area contributed by atoms with Crippen LogP contribution in [0.25, 0.3) is 0 Å². The average molecular weight is 312 g/mol. The minimum absolute atomic E-state index is 0.533. The van der Waals surface area contributed by atoms with E-state index in [1.165, 1.54) is 0 Å². The summed E-state index contributed by atoms with van der Waals surface area (Å²) in [5, 5.41) is 18.5.